The molecule has 0 saturated heterocycles. The first-order valence-corrected chi connectivity index (χ1v) is 9.09. The van der Waals surface area contributed by atoms with Gasteiger partial charge in [0.15, 0.2) is 0 Å². The fourth-order valence-electron chi connectivity index (χ4n) is 3.37. The van der Waals surface area contributed by atoms with Gasteiger partial charge in [-0.15, -0.1) is 0 Å². The van der Waals surface area contributed by atoms with Crippen LogP contribution in [0, 0.1) is 0 Å². The molecule has 0 spiro atoms. The highest BCUT2D eigenvalue weighted by atomic mass is 16.5. The largest absolute Gasteiger partial charge is 0.465 e. The average molecular weight is 339 g/mol. The Morgan fingerprint density at radius 3 is 2.40 bits per heavy atom. The summed E-state index contributed by atoms with van der Waals surface area (Å²) >= 11 is 0. The van der Waals surface area contributed by atoms with E-state index in [0.717, 1.165) is 36.2 Å². The third kappa shape index (κ3) is 4.04. The maximum atomic E-state index is 12.6. The van der Waals surface area contributed by atoms with E-state index in [1.54, 1.807) is 0 Å². The van der Waals surface area contributed by atoms with Gasteiger partial charge in [-0.05, 0) is 24.3 Å². The van der Waals surface area contributed by atoms with Crippen LogP contribution in [-0.4, -0.2) is 17.6 Å². The molecule has 0 amide bonds. The molecule has 0 saturated carbocycles. The van der Waals surface area contributed by atoms with Crippen molar-refractivity contribution in [2.75, 3.05) is 7.11 Å². The molecule has 0 unspecified atom stereocenters. The van der Waals surface area contributed by atoms with Crippen molar-refractivity contribution in [2.45, 2.75) is 53.0 Å². The van der Waals surface area contributed by atoms with Crippen LogP contribution in [0.2, 0.25) is 0 Å². The first-order chi connectivity index (χ1) is 12.0. The number of allylic oxidation sites excluding steroid dienone is 1. The first-order valence-electron chi connectivity index (χ1n) is 9.09. The van der Waals surface area contributed by atoms with E-state index < -0.39 is 0 Å². The number of benzene rings is 1. The molecular formula is C22H29NO2. The van der Waals surface area contributed by atoms with Gasteiger partial charge in [-0.25, -0.2) is 4.79 Å². The van der Waals surface area contributed by atoms with Crippen LogP contribution in [0.5, 0.6) is 0 Å². The van der Waals surface area contributed by atoms with Crippen molar-refractivity contribution in [3.05, 3.63) is 64.5 Å². The number of carbonyl (C=O) groups excluding carboxylic acids is 1. The summed E-state index contributed by atoms with van der Waals surface area (Å²) in [5, 5.41) is 0. The van der Waals surface area contributed by atoms with Gasteiger partial charge in [0.25, 0.3) is 0 Å². The predicted octanol–water partition coefficient (Wildman–Crippen LogP) is 5.43. The number of hydrogen-bond acceptors (Lipinski definition) is 2. The second kappa shape index (κ2) is 8.70. The minimum Gasteiger partial charge on any atom is -0.465 e. The Morgan fingerprint density at radius 2 is 1.88 bits per heavy atom. The third-order valence-electron chi connectivity index (χ3n) is 4.43. The van der Waals surface area contributed by atoms with Gasteiger partial charge < -0.3 is 9.30 Å². The Hall–Kier alpha value is -2.29. The van der Waals surface area contributed by atoms with E-state index in [0.29, 0.717) is 0 Å². The summed E-state index contributed by atoms with van der Waals surface area (Å²) in [6, 6.07) is 10.4. The monoisotopic (exact) mass is 339 g/mol. The molecule has 3 nitrogen and oxygen atoms in total. The number of ether oxygens (including phenoxy) is 1. The summed E-state index contributed by atoms with van der Waals surface area (Å²) in [6.07, 6.45) is 5.99. The molecule has 134 valence electrons. The Kier molecular flexibility index (Phi) is 6.63. The van der Waals surface area contributed by atoms with E-state index in [-0.39, 0.29) is 11.9 Å². The van der Waals surface area contributed by atoms with E-state index >= 15 is 0 Å². The molecule has 3 heteroatoms. The smallest absolute Gasteiger partial charge is 0.340 e. The Labute approximate surface area is 151 Å². The standard InChI is InChI=1S/C22H29NO2/c1-6-8-14-18-19(7-2)23(15-17-12-10-9-11-13-17)21(16(3)4)20(18)22(24)25-5/h8-14,16H,6-7,15H2,1-5H3/b14-8+. The number of rotatable bonds is 7. The zero-order valence-electron chi connectivity index (χ0n) is 16.0. The van der Waals surface area contributed by atoms with Gasteiger partial charge in [-0.1, -0.05) is 70.2 Å². The summed E-state index contributed by atoms with van der Waals surface area (Å²) < 4.78 is 7.43. The second-order valence-corrected chi connectivity index (χ2v) is 6.50. The van der Waals surface area contributed by atoms with E-state index in [9.17, 15) is 4.79 Å². The van der Waals surface area contributed by atoms with Crippen LogP contribution < -0.4 is 0 Å². The summed E-state index contributed by atoms with van der Waals surface area (Å²) in [6.45, 7) is 9.28. The highest BCUT2D eigenvalue weighted by molar-refractivity contribution is 5.96. The van der Waals surface area contributed by atoms with Gasteiger partial charge in [-0.3, -0.25) is 0 Å². The maximum absolute atomic E-state index is 12.6. The molecule has 1 aromatic heterocycles. The Morgan fingerprint density at radius 1 is 1.20 bits per heavy atom. The van der Waals surface area contributed by atoms with Gasteiger partial charge in [0.05, 0.1) is 12.7 Å². The summed E-state index contributed by atoms with van der Waals surface area (Å²) in [5.41, 5.74) is 5.21. The minimum absolute atomic E-state index is 0.229. The van der Waals surface area contributed by atoms with E-state index in [4.69, 9.17) is 4.74 Å². The van der Waals surface area contributed by atoms with Crippen LogP contribution in [0.3, 0.4) is 0 Å². The lowest BCUT2D eigenvalue weighted by Crippen LogP contribution is -2.12. The molecule has 1 aromatic carbocycles. The summed E-state index contributed by atoms with van der Waals surface area (Å²) in [4.78, 5) is 12.6. The number of nitrogens with zero attached hydrogens (tertiary/aromatic N) is 1. The molecule has 25 heavy (non-hydrogen) atoms. The lowest BCUT2D eigenvalue weighted by atomic mass is 10.0. The average Bonchev–Trinajstić information content (AvgIpc) is 2.93. The zero-order chi connectivity index (χ0) is 18.4. The molecule has 1 heterocycles. The van der Waals surface area contributed by atoms with Crippen LogP contribution in [0.25, 0.3) is 6.08 Å². The van der Waals surface area contributed by atoms with E-state index in [2.05, 4.69) is 68.7 Å². The molecular weight excluding hydrogens is 310 g/mol. The second-order valence-electron chi connectivity index (χ2n) is 6.50. The number of hydrogen-bond donors (Lipinski definition) is 0. The third-order valence-corrected chi connectivity index (χ3v) is 4.43. The Bertz CT molecular complexity index is 739. The van der Waals surface area contributed by atoms with Gasteiger partial charge >= 0.3 is 5.97 Å². The topological polar surface area (TPSA) is 31.2 Å². The molecule has 0 bridgehead atoms. The van der Waals surface area contributed by atoms with Crippen molar-refractivity contribution in [1.29, 1.82) is 0 Å². The van der Waals surface area contributed by atoms with Gasteiger partial charge in [0.1, 0.15) is 0 Å². The lowest BCUT2D eigenvalue weighted by molar-refractivity contribution is 0.0598. The van der Waals surface area contributed by atoms with Crippen molar-refractivity contribution in [2.24, 2.45) is 0 Å². The van der Waals surface area contributed by atoms with E-state index in [1.807, 2.05) is 6.07 Å². The first kappa shape index (κ1) is 19.0. The lowest BCUT2D eigenvalue weighted by Gasteiger charge is -2.16. The molecule has 0 atom stereocenters. The normalized spacial score (nSPS) is 11.4. The van der Waals surface area contributed by atoms with Crippen molar-refractivity contribution in [1.82, 2.24) is 4.57 Å². The molecule has 0 aliphatic heterocycles. The molecule has 2 aromatic rings. The molecule has 2 rings (SSSR count). The van der Waals surface area contributed by atoms with Crippen molar-refractivity contribution < 1.29 is 9.53 Å². The highest BCUT2D eigenvalue weighted by Gasteiger charge is 2.27. The zero-order valence-corrected chi connectivity index (χ0v) is 16.0. The van der Waals surface area contributed by atoms with Crippen LogP contribution in [0.4, 0.5) is 0 Å². The minimum atomic E-state index is -0.249. The quantitative estimate of drug-likeness (QED) is 0.630. The van der Waals surface area contributed by atoms with Gasteiger partial charge in [0.2, 0.25) is 0 Å². The summed E-state index contributed by atoms with van der Waals surface area (Å²) in [7, 11) is 1.46. The summed E-state index contributed by atoms with van der Waals surface area (Å²) in [5.74, 6) is -0.0205. The molecule has 0 fully saturated rings. The molecule has 0 aliphatic rings. The fourth-order valence-corrected chi connectivity index (χ4v) is 3.37. The van der Waals surface area contributed by atoms with Crippen LogP contribution in [0.1, 0.15) is 72.9 Å². The predicted molar refractivity (Wildman–Crippen MR) is 104 cm³/mol. The van der Waals surface area contributed by atoms with Crippen LogP contribution in [-0.2, 0) is 17.7 Å². The maximum Gasteiger partial charge on any atom is 0.340 e. The number of aromatic nitrogens is 1. The highest BCUT2D eigenvalue weighted by Crippen LogP contribution is 2.32. The van der Waals surface area contributed by atoms with Crippen molar-refractivity contribution >= 4 is 12.0 Å². The number of esters is 1. The fraction of sp³-hybridized carbons (Fsp3) is 0.409. The Balaban J connectivity index is 2.73. The van der Waals surface area contributed by atoms with Crippen LogP contribution in [0.15, 0.2) is 36.4 Å². The molecule has 0 N–H and O–H groups in total. The van der Waals surface area contributed by atoms with Crippen molar-refractivity contribution in [3.63, 3.8) is 0 Å². The number of carbonyl (C=O) groups is 1. The number of methoxy groups -OCH3 is 1. The molecule has 0 radical (unpaired) electrons. The van der Waals surface area contributed by atoms with Gasteiger partial charge in [0, 0.05) is 23.5 Å². The van der Waals surface area contributed by atoms with Crippen LogP contribution >= 0.6 is 0 Å². The van der Waals surface area contributed by atoms with Crippen molar-refractivity contribution in [3.8, 4) is 0 Å². The SMILES string of the molecule is CC/C=C/c1c(C(=O)OC)c(C(C)C)n(Cc2ccccc2)c1CC. The van der Waals surface area contributed by atoms with Gasteiger partial charge in [-0.2, -0.15) is 0 Å². The molecule has 0 aliphatic carbocycles. The van der Waals surface area contributed by atoms with E-state index in [1.165, 1.54) is 18.4 Å².